The predicted octanol–water partition coefficient (Wildman–Crippen LogP) is 2.19. The number of aromatic nitrogens is 3. The molecule has 1 aromatic carbocycles. The molecule has 1 unspecified atom stereocenters. The van der Waals surface area contributed by atoms with Gasteiger partial charge in [0.1, 0.15) is 5.69 Å². The highest BCUT2D eigenvalue weighted by Crippen LogP contribution is 2.26. The second kappa shape index (κ2) is 7.20. The second-order valence-electron chi connectivity index (χ2n) is 6.89. The largest absolute Gasteiger partial charge is 0.338 e. The molecule has 1 aliphatic heterocycles. The molecular formula is C20H20N4O3S. The van der Waals surface area contributed by atoms with Crippen molar-refractivity contribution >= 4 is 15.7 Å². The standard InChI is InChI=1S/C20H20N4O3S/c1-23(17-9-11-28(26,27)14-17)20(25)18-13-24(16-7-3-2-4-8-16)22-19(18)15-6-5-10-21-12-15/h2-8,10,12-13,17H,9,11,14H2,1H3. The van der Waals surface area contributed by atoms with Gasteiger partial charge in [-0.25, -0.2) is 13.1 Å². The van der Waals surface area contributed by atoms with Crippen molar-refractivity contribution in [2.24, 2.45) is 0 Å². The number of para-hydroxylation sites is 1. The van der Waals surface area contributed by atoms with E-state index in [0.29, 0.717) is 17.7 Å². The molecule has 8 heteroatoms. The van der Waals surface area contributed by atoms with Gasteiger partial charge < -0.3 is 4.90 Å². The molecule has 4 rings (SSSR count). The number of carbonyl (C=O) groups excluding carboxylic acids is 1. The minimum absolute atomic E-state index is 0.00425. The summed E-state index contributed by atoms with van der Waals surface area (Å²) in [6, 6.07) is 12.8. The van der Waals surface area contributed by atoms with Crippen molar-refractivity contribution < 1.29 is 13.2 Å². The topological polar surface area (TPSA) is 85.2 Å². The fraction of sp³-hybridized carbons (Fsp3) is 0.250. The SMILES string of the molecule is CN(C(=O)c1cn(-c2ccccc2)nc1-c1cccnc1)C1CCS(=O)(=O)C1. The van der Waals surface area contributed by atoms with E-state index in [-0.39, 0.29) is 23.5 Å². The number of benzene rings is 1. The quantitative estimate of drug-likeness (QED) is 0.675. The van der Waals surface area contributed by atoms with E-state index in [2.05, 4.69) is 10.1 Å². The summed E-state index contributed by atoms with van der Waals surface area (Å²) in [5.74, 6) is -0.124. The van der Waals surface area contributed by atoms with Crippen LogP contribution in [0, 0.1) is 0 Å². The Hall–Kier alpha value is -3.00. The van der Waals surface area contributed by atoms with Crippen LogP contribution in [0.5, 0.6) is 0 Å². The van der Waals surface area contributed by atoms with E-state index < -0.39 is 9.84 Å². The smallest absolute Gasteiger partial charge is 0.257 e. The Labute approximate surface area is 163 Å². The first kappa shape index (κ1) is 18.4. The summed E-state index contributed by atoms with van der Waals surface area (Å²) < 4.78 is 25.3. The van der Waals surface area contributed by atoms with Crippen LogP contribution >= 0.6 is 0 Å². The van der Waals surface area contributed by atoms with Crippen LogP contribution in [0.25, 0.3) is 16.9 Å². The van der Waals surface area contributed by atoms with Crippen LogP contribution in [0.2, 0.25) is 0 Å². The summed E-state index contributed by atoms with van der Waals surface area (Å²) in [4.78, 5) is 18.9. The van der Waals surface area contributed by atoms with Crippen molar-refractivity contribution in [1.82, 2.24) is 19.7 Å². The molecule has 2 aromatic heterocycles. The predicted molar refractivity (Wildman–Crippen MR) is 106 cm³/mol. The first-order chi connectivity index (χ1) is 13.4. The molecule has 3 heterocycles. The number of hydrogen-bond acceptors (Lipinski definition) is 5. The van der Waals surface area contributed by atoms with Gasteiger partial charge in [-0.05, 0) is 30.7 Å². The summed E-state index contributed by atoms with van der Waals surface area (Å²) in [7, 11) is -1.43. The summed E-state index contributed by atoms with van der Waals surface area (Å²) in [6.07, 6.45) is 5.47. The minimum Gasteiger partial charge on any atom is -0.338 e. The zero-order chi connectivity index (χ0) is 19.7. The lowest BCUT2D eigenvalue weighted by Crippen LogP contribution is -2.37. The third-order valence-electron chi connectivity index (χ3n) is 4.98. The van der Waals surface area contributed by atoms with Crippen molar-refractivity contribution in [3.05, 3.63) is 66.6 Å². The number of pyridine rings is 1. The number of rotatable bonds is 4. The fourth-order valence-corrected chi connectivity index (χ4v) is 5.17. The molecular weight excluding hydrogens is 376 g/mol. The lowest BCUT2D eigenvalue weighted by molar-refractivity contribution is 0.0748. The third-order valence-corrected chi connectivity index (χ3v) is 6.73. The molecule has 0 bridgehead atoms. The maximum atomic E-state index is 13.2. The van der Waals surface area contributed by atoms with E-state index >= 15 is 0 Å². The van der Waals surface area contributed by atoms with Crippen LogP contribution < -0.4 is 0 Å². The second-order valence-corrected chi connectivity index (χ2v) is 9.11. The molecule has 1 fully saturated rings. The Morgan fingerprint density at radius 3 is 2.61 bits per heavy atom. The van der Waals surface area contributed by atoms with Gasteiger partial charge in [-0.1, -0.05) is 18.2 Å². The number of hydrogen-bond donors (Lipinski definition) is 0. The molecule has 1 amide bonds. The lowest BCUT2D eigenvalue weighted by atomic mass is 10.1. The van der Waals surface area contributed by atoms with Crippen molar-refractivity contribution in [2.75, 3.05) is 18.6 Å². The molecule has 1 saturated heterocycles. The van der Waals surface area contributed by atoms with Gasteiger partial charge in [0, 0.05) is 37.2 Å². The van der Waals surface area contributed by atoms with Crippen LogP contribution in [0.4, 0.5) is 0 Å². The third kappa shape index (κ3) is 3.55. The summed E-state index contributed by atoms with van der Waals surface area (Å²) in [5.41, 5.74) is 2.50. The molecule has 28 heavy (non-hydrogen) atoms. The number of carbonyl (C=O) groups is 1. The molecule has 3 aromatic rings. The average molecular weight is 396 g/mol. The number of sulfone groups is 1. The van der Waals surface area contributed by atoms with Crippen LogP contribution in [0.1, 0.15) is 16.8 Å². The van der Waals surface area contributed by atoms with Crippen LogP contribution in [0.15, 0.2) is 61.1 Å². The Kier molecular flexibility index (Phi) is 4.72. The average Bonchev–Trinajstić information content (AvgIpc) is 3.32. The van der Waals surface area contributed by atoms with Gasteiger partial charge >= 0.3 is 0 Å². The first-order valence-corrected chi connectivity index (χ1v) is 10.8. The molecule has 144 valence electrons. The summed E-state index contributed by atoms with van der Waals surface area (Å²) in [5, 5.41) is 4.62. The van der Waals surface area contributed by atoms with Gasteiger partial charge in [0.15, 0.2) is 9.84 Å². The zero-order valence-electron chi connectivity index (χ0n) is 15.4. The Morgan fingerprint density at radius 2 is 1.96 bits per heavy atom. The molecule has 0 spiro atoms. The highest BCUT2D eigenvalue weighted by molar-refractivity contribution is 7.91. The van der Waals surface area contributed by atoms with Gasteiger partial charge in [0.05, 0.1) is 22.8 Å². The van der Waals surface area contributed by atoms with E-state index in [0.717, 1.165) is 11.3 Å². The van der Waals surface area contributed by atoms with E-state index in [4.69, 9.17) is 0 Å². The van der Waals surface area contributed by atoms with Gasteiger partial charge in [0.25, 0.3) is 5.91 Å². The normalized spacial score (nSPS) is 18.1. The molecule has 0 saturated carbocycles. The van der Waals surface area contributed by atoms with Crippen LogP contribution in [0.3, 0.4) is 0 Å². The van der Waals surface area contributed by atoms with E-state index in [1.165, 1.54) is 4.90 Å². The Bertz CT molecular complexity index is 1090. The zero-order valence-corrected chi connectivity index (χ0v) is 16.2. The lowest BCUT2D eigenvalue weighted by Gasteiger charge is -2.23. The molecule has 0 N–H and O–H groups in total. The molecule has 1 aliphatic rings. The molecule has 1 atom stereocenters. The Morgan fingerprint density at radius 1 is 1.18 bits per heavy atom. The molecule has 7 nitrogen and oxygen atoms in total. The van der Waals surface area contributed by atoms with Crippen molar-refractivity contribution in [2.45, 2.75) is 12.5 Å². The molecule has 0 aliphatic carbocycles. The van der Waals surface area contributed by atoms with Crippen molar-refractivity contribution in [1.29, 1.82) is 0 Å². The summed E-state index contributed by atoms with van der Waals surface area (Å²) in [6.45, 7) is 0. The monoisotopic (exact) mass is 396 g/mol. The van der Waals surface area contributed by atoms with Gasteiger partial charge in [0.2, 0.25) is 0 Å². The first-order valence-electron chi connectivity index (χ1n) is 8.98. The highest BCUT2D eigenvalue weighted by Gasteiger charge is 2.34. The van der Waals surface area contributed by atoms with Crippen LogP contribution in [-0.4, -0.2) is 58.6 Å². The van der Waals surface area contributed by atoms with E-state index in [1.54, 1.807) is 36.4 Å². The number of amides is 1. The molecule has 0 radical (unpaired) electrons. The number of nitrogens with zero attached hydrogens (tertiary/aromatic N) is 4. The highest BCUT2D eigenvalue weighted by atomic mass is 32.2. The van der Waals surface area contributed by atoms with E-state index in [9.17, 15) is 13.2 Å². The van der Waals surface area contributed by atoms with Gasteiger partial charge in [-0.15, -0.1) is 0 Å². The van der Waals surface area contributed by atoms with Gasteiger partial charge in [-0.3, -0.25) is 9.78 Å². The van der Waals surface area contributed by atoms with Crippen molar-refractivity contribution in [3.8, 4) is 16.9 Å². The maximum Gasteiger partial charge on any atom is 0.257 e. The fourth-order valence-electron chi connectivity index (χ4n) is 3.40. The van der Waals surface area contributed by atoms with E-state index in [1.807, 2.05) is 36.4 Å². The van der Waals surface area contributed by atoms with Crippen LogP contribution in [-0.2, 0) is 9.84 Å². The van der Waals surface area contributed by atoms with Gasteiger partial charge in [-0.2, -0.15) is 5.10 Å². The minimum atomic E-state index is -3.08. The Balaban J connectivity index is 1.74. The van der Waals surface area contributed by atoms with Crippen molar-refractivity contribution in [3.63, 3.8) is 0 Å². The summed E-state index contributed by atoms with van der Waals surface area (Å²) >= 11 is 0. The maximum absolute atomic E-state index is 13.2.